The zero-order chi connectivity index (χ0) is 26.7. The maximum absolute atomic E-state index is 14.4. The van der Waals surface area contributed by atoms with Crippen LogP contribution in [-0.2, 0) is 19.6 Å². The van der Waals surface area contributed by atoms with Gasteiger partial charge >= 0.3 is 11.9 Å². The summed E-state index contributed by atoms with van der Waals surface area (Å²) in [6.07, 6.45) is 1.62. The Morgan fingerprint density at radius 1 is 0.973 bits per heavy atom. The molecule has 0 radical (unpaired) electrons. The van der Waals surface area contributed by atoms with E-state index >= 15 is 0 Å². The minimum absolute atomic E-state index is 0.0879. The molecule has 2 atom stereocenters. The molecule has 0 fully saturated rings. The smallest absolute Gasteiger partial charge is 0.339 e. The van der Waals surface area contributed by atoms with Gasteiger partial charge in [-0.15, -0.1) is 0 Å². The second kappa shape index (κ2) is 10.8. The molecular weight excluding hydrogens is 518 g/mol. The van der Waals surface area contributed by atoms with Crippen molar-refractivity contribution in [2.45, 2.75) is 23.4 Å². The predicted octanol–water partition coefficient (Wildman–Crippen LogP) is 5.02. The summed E-state index contributed by atoms with van der Waals surface area (Å²) in [6, 6.07) is 16.9. The second-order valence-corrected chi connectivity index (χ2v) is 10.5. The van der Waals surface area contributed by atoms with Crippen molar-refractivity contribution in [3.63, 3.8) is 0 Å². The van der Waals surface area contributed by atoms with Gasteiger partial charge in [-0.2, -0.15) is 4.31 Å². The molecule has 10 heteroatoms. The van der Waals surface area contributed by atoms with Crippen LogP contribution in [0.25, 0.3) is 0 Å². The Bertz CT molecular complexity index is 1470. The summed E-state index contributed by atoms with van der Waals surface area (Å²) < 4.78 is 40.0. The molecule has 3 aromatic rings. The molecular formula is C27H24ClNO7S. The lowest BCUT2D eigenvalue weighted by Crippen LogP contribution is -2.42. The van der Waals surface area contributed by atoms with Gasteiger partial charge in [0.25, 0.3) is 0 Å². The third-order valence-electron chi connectivity index (χ3n) is 6.18. The molecule has 0 bridgehead atoms. The van der Waals surface area contributed by atoms with Gasteiger partial charge in [-0.25, -0.2) is 18.0 Å². The van der Waals surface area contributed by atoms with Crippen molar-refractivity contribution in [2.75, 3.05) is 14.2 Å². The number of ether oxygens (including phenoxy) is 2. The van der Waals surface area contributed by atoms with Crippen molar-refractivity contribution in [1.82, 2.24) is 4.31 Å². The maximum atomic E-state index is 14.4. The molecule has 3 aromatic carbocycles. The Labute approximate surface area is 219 Å². The average molecular weight is 542 g/mol. The summed E-state index contributed by atoms with van der Waals surface area (Å²) in [7, 11) is -1.80. The van der Waals surface area contributed by atoms with Crippen LogP contribution in [0.1, 0.15) is 40.0 Å². The lowest BCUT2D eigenvalue weighted by atomic mass is 9.89. The lowest BCUT2D eigenvalue weighted by molar-refractivity contribution is -0.133. The van der Waals surface area contributed by atoms with E-state index in [2.05, 4.69) is 0 Å². The largest absolute Gasteiger partial charge is 0.497 e. The van der Waals surface area contributed by atoms with Crippen LogP contribution in [-0.4, -0.2) is 44.0 Å². The molecule has 0 aromatic heterocycles. The number of hydrogen-bond donors (Lipinski definition) is 1. The number of aliphatic carboxylic acids is 1. The van der Waals surface area contributed by atoms with Crippen molar-refractivity contribution in [3.05, 3.63) is 106 Å². The number of esters is 1. The van der Waals surface area contributed by atoms with Crippen LogP contribution >= 0.6 is 11.6 Å². The van der Waals surface area contributed by atoms with E-state index < -0.39 is 34.0 Å². The molecule has 1 heterocycles. The molecule has 0 saturated heterocycles. The van der Waals surface area contributed by atoms with Gasteiger partial charge in [0.2, 0.25) is 10.0 Å². The standard InChI is InChI=1S/C27H24ClNO7S/c1-35-20-12-10-17(11-13-20)23-15-14-22(26(30)31)25(18-6-5-7-19(28)16-18)29(23)37(33,34)24-9-4-3-8-21(24)27(32)36-2/h3-14,16,23,25H,15H2,1-2H3,(H,30,31)/t23-,25-/m0/s1. The molecule has 4 rings (SSSR count). The van der Waals surface area contributed by atoms with Crippen LogP contribution in [0.5, 0.6) is 5.75 Å². The molecule has 0 saturated carbocycles. The molecule has 0 amide bonds. The number of methoxy groups -OCH3 is 2. The third kappa shape index (κ3) is 5.11. The Kier molecular flexibility index (Phi) is 7.68. The molecule has 1 aliphatic rings. The molecule has 0 unspecified atom stereocenters. The number of carboxylic acid groups (broad SMARTS) is 1. The number of hydrogen-bond acceptors (Lipinski definition) is 6. The first-order valence-corrected chi connectivity index (χ1v) is 13.0. The van der Waals surface area contributed by atoms with Gasteiger partial charge < -0.3 is 14.6 Å². The quantitative estimate of drug-likeness (QED) is 0.418. The SMILES string of the molecule is COC(=O)c1ccccc1S(=O)(=O)N1[C@@H](c2cccc(Cl)c2)C(C(=O)O)=CC[C@H]1c1ccc(OC)cc1. The number of carboxylic acids is 1. The Morgan fingerprint density at radius 2 is 1.68 bits per heavy atom. The third-order valence-corrected chi connectivity index (χ3v) is 8.34. The van der Waals surface area contributed by atoms with Crippen molar-refractivity contribution in [1.29, 1.82) is 0 Å². The first-order chi connectivity index (χ1) is 17.7. The van der Waals surface area contributed by atoms with Crippen molar-refractivity contribution >= 4 is 33.6 Å². The monoisotopic (exact) mass is 541 g/mol. The summed E-state index contributed by atoms with van der Waals surface area (Å²) in [5.41, 5.74) is 0.715. The second-order valence-electron chi connectivity index (χ2n) is 8.27. The zero-order valence-corrected chi connectivity index (χ0v) is 21.6. The molecule has 0 aliphatic carbocycles. The van der Waals surface area contributed by atoms with E-state index in [1.807, 2.05) is 0 Å². The number of rotatable bonds is 7. The van der Waals surface area contributed by atoms with Gasteiger partial charge in [0.15, 0.2) is 0 Å². The molecule has 37 heavy (non-hydrogen) atoms. The van der Waals surface area contributed by atoms with E-state index in [0.717, 1.165) is 11.4 Å². The Balaban J connectivity index is 2.00. The summed E-state index contributed by atoms with van der Waals surface area (Å²) >= 11 is 6.23. The molecule has 8 nitrogen and oxygen atoms in total. The first-order valence-electron chi connectivity index (χ1n) is 11.2. The van der Waals surface area contributed by atoms with Gasteiger partial charge in [0, 0.05) is 5.02 Å². The topological polar surface area (TPSA) is 110 Å². The fourth-order valence-corrected chi connectivity index (χ4v) is 6.64. The minimum atomic E-state index is -4.48. The summed E-state index contributed by atoms with van der Waals surface area (Å²) in [5, 5.41) is 10.4. The highest BCUT2D eigenvalue weighted by molar-refractivity contribution is 7.89. The lowest BCUT2D eigenvalue weighted by Gasteiger charge is -2.41. The van der Waals surface area contributed by atoms with Gasteiger partial charge in [-0.1, -0.05) is 54.1 Å². The number of benzene rings is 3. The number of nitrogens with zero attached hydrogens (tertiary/aromatic N) is 1. The average Bonchev–Trinajstić information content (AvgIpc) is 2.91. The van der Waals surface area contributed by atoms with Gasteiger partial charge in [0.1, 0.15) is 5.75 Å². The van der Waals surface area contributed by atoms with Crippen molar-refractivity contribution < 1.29 is 32.6 Å². The summed E-state index contributed by atoms with van der Waals surface area (Å²) in [6.45, 7) is 0. The number of halogens is 1. The first kappa shape index (κ1) is 26.4. The van der Waals surface area contributed by atoms with E-state index in [-0.39, 0.29) is 22.5 Å². The van der Waals surface area contributed by atoms with Crippen LogP contribution in [0.4, 0.5) is 0 Å². The highest BCUT2D eigenvalue weighted by Gasteiger charge is 2.45. The van der Waals surface area contributed by atoms with E-state index in [1.54, 1.807) is 42.5 Å². The zero-order valence-electron chi connectivity index (χ0n) is 20.0. The van der Waals surface area contributed by atoms with E-state index in [0.29, 0.717) is 21.9 Å². The molecule has 1 aliphatic heterocycles. The highest BCUT2D eigenvalue weighted by atomic mass is 35.5. The number of carbonyl (C=O) groups excluding carboxylic acids is 1. The highest BCUT2D eigenvalue weighted by Crippen LogP contribution is 2.46. The minimum Gasteiger partial charge on any atom is -0.497 e. The summed E-state index contributed by atoms with van der Waals surface area (Å²) in [4.78, 5) is 24.6. The Hall–Kier alpha value is -3.66. The Morgan fingerprint density at radius 3 is 2.30 bits per heavy atom. The van der Waals surface area contributed by atoms with Crippen LogP contribution < -0.4 is 4.74 Å². The van der Waals surface area contributed by atoms with Crippen LogP contribution in [0, 0.1) is 0 Å². The van der Waals surface area contributed by atoms with Gasteiger partial charge in [0.05, 0.1) is 42.3 Å². The van der Waals surface area contributed by atoms with E-state index in [9.17, 15) is 23.1 Å². The van der Waals surface area contributed by atoms with Crippen LogP contribution in [0.3, 0.4) is 0 Å². The maximum Gasteiger partial charge on any atom is 0.339 e. The van der Waals surface area contributed by atoms with Crippen LogP contribution in [0.2, 0.25) is 5.02 Å². The number of carbonyl (C=O) groups is 2. The fraction of sp³-hybridized carbons (Fsp3) is 0.185. The van der Waals surface area contributed by atoms with Crippen molar-refractivity contribution in [3.8, 4) is 5.75 Å². The van der Waals surface area contributed by atoms with Crippen LogP contribution in [0.15, 0.2) is 89.3 Å². The van der Waals surface area contributed by atoms with E-state index in [1.165, 1.54) is 43.5 Å². The van der Waals surface area contributed by atoms with E-state index in [4.69, 9.17) is 21.1 Å². The molecule has 1 N–H and O–H groups in total. The fourth-order valence-electron chi connectivity index (χ4n) is 4.48. The predicted molar refractivity (Wildman–Crippen MR) is 137 cm³/mol. The van der Waals surface area contributed by atoms with Gasteiger partial charge in [-0.05, 0) is 53.9 Å². The summed E-state index contributed by atoms with van der Waals surface area (Å²) in [5.74, 6) is -1.51. The van der Waals surface area contributed by atoms with Crippen molar-refractivity contribution in [2.24, 2.45) is 0 Å². The number of sulfonamides is 1. The normalized spacial score (nSPS) is 18.1. The molecule has 0 spiro atoms. The molecule has 192 valence electrons. The van der Waals surface area contributed by atoms with Gasteiger partial charge in [-0.3, -0.25) is 0 Å².